The van der Waals surface area contributed by atoms with E-state index in [1.165, 1.54) is 19.1 Å². The van der Waals surface area contributed by atoms with Gasteiger partial charge in [0, 0.05) is 23.7 Å². The Morgan fingerprint density at radius 1 is 1.29 bits per heavy atom. The first-order chi connectivity index (χ1) is 14.4. The first-order valence-corrected chi connectivity index (χ1v) is 11.0. The summed E-state index contributed by atoms with van der Waals surface area (Å²) >= 11 is 0. The van der Waals surface area contributed by atoms with Gasteiger partial charge in [0.15, 0.2) is 12.4 Å². The summed E-state index contributed by atoms with van der Waals surface area (Å²) in [7, 11) is 0. The van der Waals surface area contributed by atoms with Gasteiger partial charge < -0.3 is 14.9 Å². The molecule has 4 aliphatic rings. The number of allylic oxidation sites excluding steroid dienone is 4. The first kappa shape index (κ1) is 22.3. The number of aliphatic hydroxyl groups excluding tert-OH is 1. The number of ketones is 2. The Morgan fingerprint density at radius 3 is 2.61 bits per heavy atom. The molecule has 0 aromatic heterocycles. The van der Waals surface area contributed by atoms with Gasteiger partial charge in [-0.15, -0.1) is 0 Å². The lowest BCUT2D eigenvalue weighted by atomic mass is 9.46. The molecule has 170 valence electrons. The molecule has 31 heavy (non-hydrogen) atoms. The highest BCUT2D eigenvalue weighted by Gasteiger charge is 2.71. The van der Waals surface area contributed by atoms with E-state index in [9.17, 15) is 24.6 Å². The van der Waals surface area contributed by atoms with E-state index in [4.69, 9.17) is 4.74 Å². The zero-order valence-corrected chi connectivity index (χ0v) is 18.4. The van der Waals surface area contributed by atoms with Crippen LogP contribution < -0.4 is 0 Å². The minimum absolute atomic E-state index is 0.144. The monoisotopic (exact) mass is 434 g/mol. The quantitative estimate of drug-likeness (QED) is 0.661. The van der Waals surface area contributed by atoms with Crippen molar-refractivity contribution in [1.29, 1.82) is 0 Å². The molecule has 0 amide bonds. The Labute approximate surface area is 181 Å². The average molecular weight is 435 g/mol. The molecule has 0 radical (unpaired) electrons. The Hall–Kier alpha value is -1.86. The van der Waals surface area contributed by atoms with Gasteiger partial charge in [-0.3, -0.25) is 14.4 Å². The fourth-order valence-corrected chi connectivity index (χ4v) is 7.54. The topological polar surface area (TPSA) is 101 Å². The minimum atomic E-state index is -1.78. The Kier molecular flexibility index (Phi) is 5.10. The van der Waals surface area contributed by atoms with Crippen molar-refractivity contribution in [1.82, 2.24) is 0 Å². The van der Waals surface area contributed by atoms with Gasteiger partial charge in [-0.25, -0.2) is 4.39 Å². The number of rotatable bonds is 3. The molecular formula is C24H31FO6. The van der Waals surface area contributed by atoms with Crippen molar-refractivity contribution in [3.8, 4) is 0 Å². The zero-order chi connectivity index (χ0) is 22.9. The van der Waals surface area contributed by atoms with Gasteiger partial charge >= 0.3 is 5.97 Å². The van der Waals surface area contributed by atoms with Gasteiger partial charge in [-0.05, 0) is 54.7 Å². The molecule has 3 saturated carbocycles. The second-order valence-electron chi connectivity index (χ2n) is 10.4. The van der Waals surface area contributed by atoms with Crippen LogP contribution in [0.4, 0.5) is 4.39 Å². The zero-order valence-electron chi connectivity index (χ0n) is 18.4. The standard InChI is InChI=1S/C24H31FO6/c1-12-7-16-15-9-18(25)17-8-14(27)5-6-22(17,3)21(15)19(28)10-23(16,4)24(12,30)20(29)11-31-13(2)26/h5-6,8,12,15-16,18-19,21,28,30H,7,9-11H2,1-4H3/t12?,15?,16?,18?,19?,21?,22-,23-,24-/m0/s1. The third-order valence-corrected chi connectivity index (χ3v) is 8.89. The lowest BCUT2D eigenvalue weighted by Crippen LogP contribution is -2.63. The Morgan fingerprint density at radius 2 is 1.97 bits per heavy atom. The molecule has 0 bridgehead atoms. The smallest absolute Gasteiger partial charge is 0.303 e. The molecule has 6 nitrogen and oxygen atoms in total. The summed E-state index contributed by atoms with van der Waals surface area (Å²) < 4.78 is 20.2. The second-order valence-corrected chi connectivity index (χ2v) is 10.4. The van der Waals surface area contributed by atoms with Gasteiger partial charge in [0.25, 0.3) is 0 Å². The van der Waals surface area contributed by atoms with Crippen molar-refractivity contribution in [2.75, 3.05) is 6.61 Å². The van der Waals surface area contributed by atoms with Crippen LogP contribution >= 0.6 is 0 Å². The van der Waals surface area contributed by atoms with Crippen LogP contribution in [0.5, 0.6) is 0 Å². The van der Waals surface area contributed by atoms with Crippen LogP contribution in [0, 0.1) is 34.5 Å². The number of hydrogen-bond acceptors (Lipinski definition) is 6. The largest absolute Gasteiger partial charge is 0.458 e. The van der Waals surface area contributed by atoms with Crippen LogP contribution in [0.1, 0.15) is 47.0 Å². The van der Waals surface area contributed by atoms with Gasteiger partial charge in [0.05, 0.1) is 6.10 Å². The lowest BCUT2D eigenvalue weighted by Gasteiger charge is -2.60. The van der Waals surface area contributed by atoms with E-state index in [1.54, 1.807) is 19.9 Å². The van der Waals surface area contributed by atoms with Crippen LogP contribution in [0.2, 0.25) is 0 Å². The van der Waals surface area contributed by atoms with E-state index < -0.39 is 53.0 Å². The highest BCUT2D eigenvalue weighted by molar-refractivity contribution is 6.01. The predicted molar refractivity (Wildman–Crippen MR) is 109 cm³/mol. The van der Waals surface area contributed by atoms with Gasteiger partial charge in [0.2, 0.25) is 5.78 Å². The van der Waals surface area contributed by atoms with Crippen molar-refractivity contribution < 1.29 is 33.7 Å². The fourth-order valence-electron chi connectivity index (χ4n) is 7.54. The molecule has 0 spiro atoms. The molecule has 0 saturated heterocycles. The number of alkyl halides is 1. The van der Waals surface area contributed by atoms with Crippen LogP contribution in [0.25, 0.3) is 0 Å². The molecular weight excluding hydrogens is 403 g/mol. The molecule has 9 atom stereocenters. The number of Topliss-reactive ketones (excluding diaryl/α,β-unsaturated/α-hetero) is 1. The molecule has 2 N–H and O–H groups in total. The van der Waals surface area contributed by atoms with Gasteiger partial charge in [-0.2, -0.15) is 0 Å². The third-order valence-electron chi connectivity index (χ3n) is 8.89. The third kappa shape index (κ3) is 2.92. The van der Waals surface area contributed by atoms with Gasteiger partial charge in [-0.1, -0.05) is 26.8 Å². The van der Waals surface area contributed by atoms with E-state index in [0.29, 0.717) is 12.0 Å². The van der Waals surface area contributed by atoms with E-state index in [2.05, 4.69) is 0 Å². The van der Waals surface area contributed by atoms with E-state index in [1.807, 2.05) is 6.92 Å². The highest BCUT2D eigenvalue weighted by atomic mass is 19.1. The Balaban J connectivity index is 1.74. The van der Waals surface area contributed by atoms with Gasteiger partial charge in [0.1, 0.15) is 11.8 Å². The minimum Gasteiger partial charge on any atom is -0.458 e. The van der Waals surface area contributed by atoms with Crippen LogP contribution in [-0.4, -0.2) is 52.2 Å². The lowest BCUT2D eigenvalue weighted by molar-refractivity contribution is -0.187. The summed E-state index contributed by atoms with van der Waals surface area (Å²) in [5.41, 5.74) is -3.13. The highest BCUT2D eigenvalue weighted by Crippen LogP contribution is 2.68. The van der Waals surface area contributed by atoms with Crippen molar-refractivity contribution in [2.24, 2.45) is 34.5 Å². The average Bonchev–Trinajstić information content (AvgIpc) is 2.88. The fraction of sp³-hybridized carbons (Fsp3) is 0.708. The van der Waals surface area contributed by atoms with Crippen molar-refractivity contribution >= 4 is 17.5 Å². The molecule has 0 aromatic carbocycles. The van der Waals surface area contributed by atoms with Crippen molar-refractivity contribution in [3.05, 3.63) is 23.8 Å². The number of hydrogen-bond donors (Lipinski definition) is 2. The first-order valence-electron chi connectivity index (χ1n) is 11.0. The van der Waals surface area contributed by atoms with Crippen molar-refractivity contribution in [2.45, 2.75) is 64.8 Å². The summed E-state index contributed by atoms with van der Waals surface area (Å²) in [5, 5.41) is 23.0. The van der Waals surface area contributed by atoms with Crippen LogP contribution in [-0.2, 0) is 19.1 Å². The maximum absolute atomic E-state index is 15.4. The number of ether oxygens (including phenoxy) is 1. The summed E-state index contributed by atoms with van der Waals surface area (Å²) in [4.78, 5) is 36.2. The van der Waals surface area contributed by atoms with E-state index in [-0.39, 0.29) is 36.4 Å². The maximum Gasteiger partial charge on any atom is 0.303 e. The van der Waals surface area contributed by atoms with E-state index >= 15 is 4.39 Å². The number of halogens is 1. The summed E-state index contributed by atoms with van der Waals surface area (Å²) in [5.74, 6) is -2.62. The molecule has 7 heteroatoms. The second kappa shape index (κ2) is 7.07. The Bertz CT molecular complexity index is 895. The molecule has 3 fully saturated rings. The normalized spacial score (nSPS) is 48.4. The number of esters is 1. The molecule has 4 rings (SSSR count). The number of aliphatic hydroxyl groups is 2. The summed E-state index contributed by atoms with van der Waals surface area (Å²) in [6, 6.07) is 0. The van der Waals surface area contributed by atoms with E-state index in [0.717, 1.165) is 0 Å². The molecule has 4 aliphatic carbocycles. The molecule has 0 heterocycles. The maximum atomic E-state index is 15.4. The van der Waals surface area contributed by atoms with Crippen LogP contribution in [0.15, 0.2) is 23.8 Å². The summed E-state index contributed by atoms with van der Waals surface area (Å²) in [6.45, 7) is 6.13. The molecule has 0 aliphatic heterocycles. The predicted octanol–water partition coefficient (Wildman–Crippen LogP) is 2.32. The molecule has 6 unspecified atom stereocenters. The van der Waals surface area contributed by atoms with Crippen LogP contribution in [0.3, 0.4) is 0 Å². The SMILES string of the molecule is CC(=O)OCC(=O)[C@@]1(O)C(C)CC2C3CC(F)C4=CC(=O)C=C[C@]4(C)C3C(O)C[C@@]21C. The number of carbonyl (C=O) groups is 3. The summed E-state index contributed by atoms with van der Waals surface area (Å²) in [6.07, 6.45) is 3.14. The van der Waals surface area contributed by atoms with Crippen molar-refractivity contribution in [3.63, 3.8) is 0 Å². The number of carbonyl (C=O) groups excluding carboxylic acids is 3. The number of fused-ring (bicyclic) bond motifs is 5. The molecule has 0 aromatic rings.